The van der Waals surface area contributed by atoms with Crippen molar-refractivity contribution in [2.75, 3.05) is 19.6 Å². The normalized spacial score (nSPS) is 27.0. The van der Waals surface area contributed by atoms with Crippen LogP contribution in [0.5, 0.6) is 0 Å². The summed E-state index contributed by atoms with van der Waals surface area (Å²) in [5.41, 5.74) is 5.72. The molecule has 2 atom stereocenters. The van der Waals surface area contributed by atoms with Crippen molar-refractivity contribution in [3.63, 3.8) is 0 Å². The Labute approximate surface area is 210 Å². The first kappa shape index (κ1) is 24.3. The van der Waals surface area contributed by atoms with E-state index in [1.165, 1.54) is 27.8 Å². The Morgan fingerprint density at radius 3 is 2.31 bits per heavy atom. The fourth-order valence-corrected chi connectivity index (χ4v) is 6.53. The van der Waals surface area contributed by atoms with Crippen LogP contribution in [0.3, 0.4) is 0 Å². The molecule has 0 saturated carbocycles. The molecule has 5 heteroatoms. The minimum absolute atomic E-state index is 0.0905. The molecule has 2 aromatic carbocycles. The number of carboxylic acid groups (broad SMARTS) is 1. The summed E-state index contributed by atoms with van der Waals surface area (Å²) in [4.78, 5) is 17.0. The molecule has 0 spiro atoms. The predicted octanol–water partition coefficient (Wildman–Crippen LogP) is 6.37. The molecule has 0 radical (unpaired) electrons. The van der Waals surface area contributed by atoms with E-state index in [-0.39, 0.29) is 23.1 Å². The van der Waals surface area contributed by atoms with Gasteiger partial charge in [-0.25, -0.2) is 4.79 Å². The topological polar surface area (TPSA) is 53.0 Å². The average Bonchev–Trinajstić information content (AvgIpc) is 3.07. The van der Waals surface area contributed by atoms with Gasteiger partial charge in [-0.1, -0.05) is 56.3 Å². The Bertz CT molecular complexity index is 1080. The van der Waals surface area contributed by atoms with E-state index >= 15 is 0 Å². The number of piperidine rings is 3. The summed E-state index contributed by atoms with van der Waals surface area (Å²) in [5, 5.41) is 10.4. The molecule has 1 N–H and O–H groups in total. The zero-order chi connectivity index (χ0) is 25.0. The highest BCUT2D eigenvalue weighted by Gasteiger charge is 2.50. The van der Waals surface area contributed by atoms with Crippen LogP contribution in [0.1, 0.15) is 70.2 Å². The zero-order valence-corrected chi connectivity index (χ0v) is 21.9. The second kappa shape index (κ2) is 8.94. The number of rotatable bonds is 5. The van der Waals surface area contributed by atoms with Gasteiger partial charge >= 0.3 is 6.09 Å². The lowest BCUT2D eigenvalue weighted by atomic mass is 9.79. The van der Waals surface area contributed by atoms with E-state index < -0.39 is 6.09 Å². The zero-order valence-electron chi connectivity index (χ0n) is 21.9. The van der Waals surface area contributed by atoms with Crippen molar-refractivity contribution in [2.24, 2.45) is 11.3 Å². The van der Waals surface area contributed by atoms with E-state index in [4.69, 9.17) is 4.74 Å². The number of nitrogens with zero attached hydrogens (tertiary/aromatic N) is 2. The predicted molar refractivity (Wildman–Crippen MR) is 139 cm³/mol. The molecule has 2 bridgehead atoms. The van der Waals surface area contributed by atoms with Crippen LogP contribution in [0.4, 0.5) is 4.79 Å². The minimum atomic E-state index is -0.771. The van der Waals surface area contributed by atoms with Crippen molar-refractivity contribution in [1.82, 2.24) is 9.80 Å². The summed E-state index contributed by atoms with van der Waals surface area (Å²) in [7, 11) is 0. The first-order chi connectivity index (χ1) is 16.5. The summed E-state index contributed by atoms with van der Waals surface area (Å²) in [6.45, 7) is 14.4. The van der Waals surface area contributed by atoms with Gasteiger partial charge in [-0.3, -0.25) is 4.90 Å². The van der Waals surface area contributed by atoms with Crippen LogP contribution in [0, 0.1) is 11.3 Å². The lowest BCUT2D eigenvalue weighted by Gasteiger charge is -2.51. The maximum Gasteiger partial charge on any atom is 0.408 e. The Morgan fingerprint density at radius 2 is 1.74 bits per heavy atom. The van der Waals surface area contributed by atoms with Crippen molar-refractivity contribution in [3.05, 3.63) is 59.2 Å². The van der Waals surface area contributed by atoms with Crippen molar-refractivity contribution in [1.29, 1.82) is 0 Å². The molecule has 3 saturated heterocycles. The van der Waals surface area contributed by atoms with Crippen molar-refractivity contribution < 1.29 is 14.6 Å². The Hall–Kier alpha value is -2.37. The van der Waals surface area contributed by atoms with Crippen molar-refractivity contribution in [2.45, 2.75) is 78.2 Å². The van der Waals surface area contributed by atoms with E-state index in [1.807, 2.05) is 4.90 Å². The molecular weight excluding hydrogens is 436 g/mol. The second-order valence-electron chi connectivity index (χ2n) is 12.5. The average molecular weight is 477 g/mol. The number of hydrogen-bond acceptors (Lipinski definition) is 3. The molecular formula is C30H40N2O3. The molecule has 6 rings (SSSR count). The van der Waals surface area contributed by atoms with Crippen molar-refractivity contribution in [3.8, 4) is 11.1 Å². The largest absolute Gasteiger partial charge is 0.465 e. The van der Waals surface area contributed by atoms with E-state index in [0.29, 0.717) is 12.5 Å². The number of hydrogen-bond donors (Lipinski definition) is 1. The van der Waals surface area contributed by atoms with Crippen LogP contribution >= 0.6 is 0 Å². The monoisotopic (exact) mass is 476 g/mol. The fraction of sp³-hybridized carbons (Fsp3) is 0.567. The van der Waals surface area contributed by atoms with E-state index in [9.17, 15) is 9.90 Å². The first-order valence-corrected chi connectivity index (χ1v) is 13.1. The van der Waals surface area contributed by atoms with Gasteiger partial charge in [-0.05, 0) is 92.3 Å². The number of fused-ring (bicyclic) bond motifs is 4. The third-order valence-electron chi connectivity index (χ3n) is 8.26. The lowest BCUT2D eigenvalue weighted by molar-refractivity contribution is -0.0267. The Kier molecular flexibility index (Phi) is 6.21. The summed E-state index contributed by atoms with van der Waals surface area (Å²) in [5.74, 6) is 0.482. The van der Waals surface area contributed by atoms with Crippen LogP contribution in [0.25, 0.3) is 11.1 Å². The molecule has 0 aromatic heterocycles. The Morgan fingerprint density at radius 1 is 1.09 bits per heavy atom. The van der Waals surface area contributed by atoms with Gasteiger partial charge in [0.15, 0.2) is 0 Å². The Balaban J connectivity index is 1.41. The standard InChI is InChI=1S/C30H40N2O3/c1-29(2,3)35-19-20-6-8-21(9-7-20)23-10-11-25-24(16-23)17-30(4,5)27(25)32(28(33)34)26-18-31-14-12-22(26)13-15-31/h6-11,16,22,26-27H,12-15,17-19H2,1-5H3,(H,33,34). The van der Waals surface area contributed by atoms with E-state index in [0.717, 1.165) is 38.9 Å². The molecule has 3 fully saturated rings. The number of benzene rings is 2. The van der Waals surface area contributed by atoms with Gasteiger partial charge in [-0.2, -0.15) is 0 Å². The maximum atomic E-state index is 12.7. The van der Waals surface area contributed by atoms with Gasteiger partial charge in [0.05, 0.1) is 24.3 Å². The van der Waals surface area contributed by atoms with E-state index in [1.54, 1.807) is 0 Å². The second-order valence-corrected chi connectivity index (χ2v) is 12.5. The van der Waals surface area contributed by atoms with Gasteiger partial charge in [0.1, 0.15) is 0 Å². The van der Waals surface area contributed by atoms with Gasteiger partial charge in [0, 0.05) is 6.54 Å². The molecule has 2 aromatic rings. The number of ether oxygens (including phenoxy) is 1. The molecule has 5 nitrogen and oxygen atoms in total. The first-order valence-electron chi connectivity index (χ1n) is 13.1. The van der Waals surface area contributed by atoms with Crippen molar-refractivity contribution >= 4 is 6.09 Å². The molecule has 1 aliphatic carbocycles. The van der Waals surface area contributed by atoms with E-state index in [2.05, 4.69) is 82.0 Å². The molecule has 4 aliphatic rings. The van der Waals surface area contributed by atoms with Crippen LogP contribution in [-0.2, 0) is 17.8 Å². The quantitative estimate of drug-likeness (QED) is 0.545. The molecule has 35 heavy (non-hydrogen) atoms. The molecule has 3 heterocycles. The number of carbonyl (C=O) groups is 1. The van der Waals surface area contributed by atoms with Gasteiger partial charge < -0.3 is 14.7 Å². The van der Waals surface area contributed by atoms with Crippen LogP contribution in [0.2, 0.25) is 0 Å². The van der Waals surface area contributed by atoms with Gasteiger partial charge in [0.25, 0.3) is 0 Å². The van der Waals surface area contributed by atoms with Crippen LogP contribution in [0.15, 0.2) is 42.5 Å². The highest BCUT2D eigenvalue weighted by Crippen LogP contribution is 2.51. The smallest absolute Gasteiger partial charge is 0.408 e. The number of amides is 1. The molecule has 188 valence electrons. The summed E-state index contributed by atoms with van der Waals surface area (Å²) < 4.78 is 5.91. The highest BCUT2D eigenvalue weighted by molar-refractivity contribution is 5.69. The summed E-state index contributed by atoms with van der Waals surface area (Å²) in [6, 6.07) is 15.2. The highest BCUT2D eigenvalue weighted by atomic mass is 16.5. The lowest BCUT2D eigenvalue weighted by Crippen LogP contribution is -2.60. The molecule has 3 aliphatic heterocycles. The molecule has 1 amide bonds. The SMILES string of the molecule is CC(C)(C)OCc1ccc(-c2ccc3c(c2)CC(C)(C)C3N(C(=O)O)C2CN3CCC2CC3)cc1. The summed E-state index contributed by atoms with van der Waals surface area (Å²) >= 11 is 0. The van der Waals surface area contributed by atoms with Gasteiger partial charge in [-0.15, -0.1) is 0 Å². The van der Waals surface area contributed by atoms with Crippen LogP contribution < -0.4 is 0 Å². The molecule has 2 unspecified atom stereocenters. The third kappa shape index (κ3) is 4.85. The fourth-order valence-electron chi connectivity index (χ4n) is 6.53. The van der Waals surface area contributed by atoms with Crippen LogP contribution in [-0.4, -0.2) is 52.3 Å². The summed E-state index contributed by atoms with van der Waals surface area (Å²) in [6.07, 6.45) is 2.35. The minimum Gasteiger partial charge on any atom is -0.465 e. The van der Waals surface area contributed by atoms with Gasteiger partial charge in [0.2, 0.25) is 0 Å². The maximum absolute atomic E-state index is 12.7. The third-order valence-corrected chi connectivity index (χ3v) is 8.26.